The molecule has 2 atom stereocenters. The van der Waals surface area contributed by atoms with E-state index in [0.29, 0.717) is 21.8 Å². The molecule has 4 rings (SSSR count). The van der Waals surface area contributed by atoms with Crippen LogP contribution >= 0.6 is 11.6 Å². The third kappa shape index (κ3) is 4.69. The average molecular weight is 467 g/mol. The van der Waals surface area contributed by atoms with Gasteiger partial charge < -0.3 is 26.0 Å². The number of carbonyl (C=O) groups excluding carboxylic acids is 1. The molecule has 172 valence electrons. The summed E-state index contributed by atoms with van der Waals surface area (Å²) in [7, 11) is 0. The highest BCUT2D eigenvalue weighted by atomic mass is 35.5. The highest BCUT2D eigenvalue weighted by molar-refractivity contribution is 6.32. The van der Waals surface area contributed by atoms with Crippen LogP contribution in [0.4, 0.5) is 10.5 Å². The van der Waals surface area contributed by atoms with E-state index in [9.17, 15) is 15.0 Å². The van der Waals surface area contributed by atoms with Crippen molar-refractivity contribution < 1.29 is 19.7 Å². The van der Waals surface area contributed by atoms with Gasteiger partial charge in [-0.05, 0) is 47.2 Å². The summed E-state index contributed by atoms with van der Waals surface area (Å²) in [6, 6.07) is 19.5. The van der Waals surface area contributed by atoms with E-state index in [4.69, 9.17) is 22.1 Å². The summed E-state index contributed by atoms with van der Waals surface area (Å²) in [5.41, 5.74) is 12.0. The number of rotatable bonds is 7. The van der Waals surface area contributed by atoms with E-state index in [0.717, 1.165) is 22.3 Å². The Balaban J connectivity index is 1.30. The molecule has 0 saturated heterocycles. The number of hydrogen-bond donors (Lipinski definition) is 4. The topological polar surface area (TPSA) is 105 Å². The summed E-state index contributed by atoms with van der Waals surface area (Å²) in [5, 5.41) is 23.8. The number of carbonyl (C=O) groups is 1. The quantitative estimate of drug-likeness (QED) is 0.382. The van der Waals surface area contributed by atoms with Gasteiger partial charge in [-0.3, -0.25) is 0 Å². The predicted octanol–water partition coefficient (Wildman–Crippen LogP) is 4.55. The number of aliphatic hydroxyl groups excluding tert-OH is 2. The fourth-order valence-corrected chi connectivity index (χ4v) is 4.57. The van der Waals surface area contributed by atoms with Gasteiger partial charge in [0, 0.05) is 23.7 Å². The summed E-state index contributed by atoms with van der Waals surface area (Å²) < 4.78 is 5.49. The number of nitrogens with one attached hydrogen (secondary N) is 1. The van der Waals surface area contributed by atoms with Crippen molar-refractivity contribution in [1.82, 2.24) is 5.32 Å². The van der Waals surface area contributed by atoms with Crippen molar-refractivity contribution in [3.63, 3.8) is 0 Å². The van der Waals surface area contributed by atoms with Crippen LogP contribution in [0.5, 0.6) is 0 Å². The molecule has 3 aromatic rings. The van der Waals surface area contributed by atoms with Crippen molar-refractivity contribution in [2.75, 3.05) is 18.9 Å². The summed E-state index contributed by atoms with van der Waals surface area (Å²) in [6.07, 6.45) is -2.74. The van der Waals surface area contributed by atoms with Gasteiger partial charge in [-0.2, -0.15) is 0 Å². The third-order valence-corrected chi connectivity index (χ3v) is 6.70. The second-order valence-electron chi connectivity index (χ2n) is 8.24. The maximum absolute atomic E-state index is 12.3. The molecule has 0 fully saturated rings. The number of alkyl carbamates (subject to hydrolysis) is 1. The lowest BCUT2D eigenvalue weighted by Crippen LogP contribution is -2.30. The minimum Gasteiger partial charge on any atom is -0.449 e. The molecule has 0 aromatic heterocycles. The van der Waals surface area contributed by atoms with E-state index in [1.807, 2.05) is 24.3 Å². The fraction of sp³-hybridized carbons (Fsp3) is 0.269. The average Bonchev–Trinajstić information content (AvgIpc) is 3.14. The SMILES string of the molecule is Cc1c(N)ccc(C(O)C(O)CCNC(=O)OCC2c3ccccc3-c3ccccc32)c1Cl. The first-order chi connectivity index (χ1) is 15.9. The van der Waals surface area contributed by atoms with Crippen LogP contribution in [0.1, 0.15) is 40.7 Å². The van der Waals surface area contributed by atoms with E-state index in [1.54, 1.807) is 19.1 Å². The van der Waals surface area contributed by atoms with E-state index in [-0.39, 0.29) is 25.5 Å². The van der Waals surface area contributed by atoms with E-state index in [1.165, 1.54) is 0 Å². The van der Waals surface area contributed by atoms with Gasteiger partial charge in [-0.1, -0.05) is 66.2 Å². The van der Waals surface area contributed by atoms with E-state index in [2.05, 4.69) is 29.6 Å². The monoisotopic (exact) mass is 466 g/mol. The molecule has 7 heteroatoms. The normalized spacial score (nSPS) is 14.3. The lowest BCUT2D eigenvalue weighted by atomic mass is 9.98. The lowest BCUT2D eigenvalue weighted by Gasteiger charge is -2.21. The molecule has 1 amide bonds. The maximum Gasteiger partial charge on any atom is 0.407 e. The Morgan fingerprint density at radius 1 is 1.06 bits per heavy atom. The Labute approximate surface area is 198 Å². The Kier molecular flexibility index (Phi) is 6.88. The molecule has 0 bridgehead atoms. The Bertz CT molecular complexity index is 1120. The number of ether oxygens (including phenoxy) is 1. The van der Waals surface area contributed by atoms with Crippen molar-refractivity contribution in [1.29, 1.82) is 0 Å². The second-order valence-corrected chi connectivity index (χ2v) is 8.61. The van der Waals surface area contributed by atoms with Crippen LogP contribution in [0.15, 0.2) is 60.7 Å². The number of aliphatic hydroxyl groups is 2. The van der Waals surface area contributed by atoms with Crippen LogP contribution < -0.4 is 11.1 Å². The van der Waals surface area contributed by atoms with Crippen molar-refractivity contribution in [3.05, 3.63) is 87.9 Å². The van der Waals surface area contributed by atoms with Crippen molar-refractivity contribution in [2.24, 2.45) is 0 Å². The van der Waals surface area contributed by atoms with Crippen LogP contribution in [0.3, 0.4) is 0 Å². The van der Waals surface area contributed by atoms with Crippen LogP contribution in [0.25, 0.3) is 11.1 Å². The van der Waals surface area contributed by atoms with E-state index < -0.39 is 18.3 Å². The lowest BCUT2D eigenvalue weighted by molar-refractivity contribution is 0.0137. The van der Waals surface area contributed by atoms with Crippen LogP contribution in [0, 0.1) is 6.92 Å². The highest BCUT2D eigenvalue weighted by Crippen LogP contribution is 2.44. The number of hydrogen-bond acceptors (Lipinski definition) is 5. The van der Waals surface area contributed by atoms with Gasteiger partial charge in [-0.15, -0.1) is 0 Å². The number of fused-ring (bicyclic) bond motifs is 3. The van der Waals surface area contributed by atoms with Crippen LogP contribution in [-0.4, -0.2) is 35.6 Å². The molecule has 33 heavy (non-hydrogen) atoms. The molecule has 0 heterocycles. The Morgan fingerprint density at radius 2 is 1.67 bits per heavy atom. The first-order valence-corrected chi connectivity index (χ1v) is 11.3. The zero-order valence-electron chi connectivity index (χ0n) is 18.3. The minimum absolute atomic E-state index is 0.0218. The van der Waals surface area contributed by atoms with Gasteiger partial charge in [0.1, 0.15) is 12.7 Å². The molecule has 0 radical (unpaired) electrons. The maximum atomic E-state index is 12.3. The van der Waals surface area contributed by atoms with Gasteiger partial charge in [0.15, 0.2) is 0 Å². The standard InChI is InChI=1S/C26H27ClN2O4/c1-15-22(28)11-10-20(24(15)27)25(31)23(30)12-13-29-26(32)33-14-21-18-8-4-2-6-16(18)17-7-3-5-9-19(17)21/h2-11,21,23,25,30-31H,12-14,28H2,1H3,(H,29,32). The molecule has 0 spiro atoms. The molecule has 1 aliphatic rings. The zero-order valence-corrected chi connectivity index (χ0v) is 19.0. The summed E-state index contributed by atoms with van der Waals surface area (Å²) in [6.45, 7) is 2.10. The Morgan fingerprint density at radius 3 is 2.30 bits per heavy atom. The molecule has 0 saturated carbocycles. The third-order valence-electron chi connectivity index (χ3n) is 6.19. The van der Waals surface area contributed by atoms with Crippen molar-refractivity contribution >= 4 is 23.4 Å². The zero-order chi connectivity index (χ0) is 23.5. The smallest absolute Gasteiger partial charge is 0.407 e. The Hall–Kier alpha value is -3.06. The molecule has 3 aromatic carbocycles. The van der Waals surface area contributed by atoms with Gasteiger partial charge in [0.2, 0.25) is 0 Å². The molecule has 1 aliphatic carbocycles. The van der Waals surface area contributed by atoms with Crippen LogP contribution in [0.2, 0.25) is 5.02 Å². The molecule has 6 nitrogen and oxygen atoms in total. The molecule has 2 unspecified atom stereocenters. The molecular formula is C26H27ClN2O4. The van der Waals surface area contributed by atoms with Gasteiger partial charge in [0.25, 0.3) is 0 Å². The molecular weight excluding hydrogens is 440 g/mol. The van der Waals surface area contributed by atoms with Gasteiger partial charge in [-0.25, -0.2) is 4.79 Å². The first-order valence-electron chi connectivity index (χ1n) is 10.9. The van der Waals surface area contributed by atoms with Crippen LogP contribution in [-0.2, 0) is 4.74 Å². The minimum atomic E-state index is -1.19. The fourth-order valence-electron chi connectivity index (χ4n) is 4.29. The number of benzene rings is 3. The second kappa shape index (κ2) is 9.83. The number of amides is 1. The summed E-state index contributed by atoms with van der Waals surface area (Å²) in [5.74, 6) is -0.0218. The highest BCUT2D eigenvalue weighted by Gasteiger charge is 2.29. The van der Waals surface area contributed by atoms with Gasteiger partial charge >= 0.3 is 6.09 Å². The number of nitrogen functional groups attached to an aromatic ring is 1. The largest absolute Gasteiger partial charge is 0.449 e. The van der Waals surface area contributed by atoms with E-state index >= 15 is 0 Å². The molecule has 0 aliphatic heterocycles. The van der Waals surface area contributed by atoms with Crippen molar-refractivity contribution in [3.8, 4) is 11.1 Å². The first kappa shape index (κ1) is 23.1. The predicted molar refractivity (Wildman–Crippen MR) is 129 cm³/mol. The number of nitrogens with two attached hydrogens (primary N) is 1. The number of halogens is 1. The van der Waals surface area contributed by atoms with Gasteiger partial charge in [0.05, 0.1) is 11.1 Å². The number of anilines is 1. The van der Waals surface area contributed by atoms with Crippen molar-refractivity contribution in [2.45, 2.75) is 31.5 Å². The molecule has 5 N–H and O–H groups in total. The summed E-state index contributed by atoms with van der Waals surface area (Å²) >= 11 is 6.26. The summed E-state index contributed by atoms with van der Waals surface area (Å²) in [4.78, 5) is 12.3.